The van der Waals surface area contributed by atoms with E-state index in [9.17, 15) is 0 Å². The number of nitrogens with two attached hydrogens (primary N) is 1. The summed E-state index contributed by atoms with van der Waals surface area (Å²) < 4.78 is 0. The van der Waals surface area contributed by atoms with Crippen LogP contribution in [0.5, 0.6) is 0 Å². The SMILES string of the molecule is Cc1cccc2c1SCCC2C1(N)CC1. The number of fused-ring (bicyclic) bond motifs is 1. The van der Waals surface area contributed by atoms with E-state index in [-0.39, 0.29) is 5.54 Å². The molecule has 1 unspecified atom stereocenters. The predicted octanol–water partition coefficient (Wildman–Crippen LogP) is 3.07. The standard InChI is InChI=1S/C13H17NS/c1-9-3-2-4-10-11(13(14)6-7-13)5-8-15-12(9)10/h2-4,11H,5-8,14H2,1H3. The van der Waals surface area contributed by atoms with Crippen molar-refractivity contribution in [2.45, 2.75) is 42.5 Å². The van der Waals surface area contributed by atoms with E-state index in [0.29, 0.717) is 5.92 Å². The molecule has 0 saturated heterocycles. The molecule has 2 N–H and O–H groups in total. The van der Waals surface area contributed by atoms with Gasteiger partial charge in [0, 0.05) is 16.4 Å². The normalized spacial score (nSPS) is 27.2. The molecule has 0 bridgehead atoms. The highest BCUT2D eigenvalue weighted by Crippen LogP contribution is 2.52. The summed E-state index contributed by atoms with van der Waals surface area (Å²) in [5.74, 6) is 1.86. The maximum absolute atomic E-state index is 6.38. The molecule has 1 aromatic carbocycles. The Morgan fingerprint density at radius 3 is 2.93 bits per heavy atom. The number of thioether (sulfide) groups is 1. The molecular formula is C13H17NS. The first-order valence-electron chi connectivity index (χ1n) is 5.72. The Kier molecular flexibility index (Phi) is 2.12. The zero-order valence-electron chi connectivity index (χ0n) is 9.12. The average Bonchev–Trinajstić information content (AvgIpc) is 2.98. The zero-order valence-corrected chi connectivity index (χ0v) is 9.94. The van der Waals surface area contributed by atoms with Crippen molar-refractivity contribution in [3.8, 4) is 0 Å². The molecule has 1 aromatic rings. The highest BCUT2D eigenvalue weighted by Gasteiger charge is 2.47. The first-order chi connectivity index (χ1) is 7.21. The minimum Gasteiger partial charge on any atom is -0.325 e. The zero-order chi connectivity index (χ0) is 10.5. The fourth-order valence-corrected chi connectivity index (χ4v) is 3.90. The van der Waals surface area contributed by atoms with Gasteiger partial charge in [-0.15, -0.1) is 11.8 Å². The van der Waals surface area contributed by atoms with E-state index in [1.54, 1.807) is 0 Å². The maximum Gasteiger partial charge on any atom is 0.0225 e. The van der Waals surface area contributed by atoms with Gasteiger partial charge in [-0.1, -0.05) is 18.2 Å². The monoisotopic (exact) mass is 219 g/mol. The van der Waals surface area contributed by atoms with Crippen molar-refractivity contribution in [3.05, 3.63) is 29.3 Å². The molecule has 1 aliphatic heterocycles. The van der Waals surface area contributed by atoms with E-state index in [4.69, 9.17) is 5.73 Å². The van der Waals surface area contributed by atoms with Crippen LogP contribution in [0.2, 0.25) is 0 Å². The quantitative estimate of drug-likeness (QED) is 0.785. The van der Waals surface area contributed by atoms with Crippen LogP contribution in [-0.4, -0.2) is 11.3 Å². The van der Waals surface area contributed by atoms with Crippen LogP contribution in [0.25, 0.3) is 0 Å². The second-order valence-electron chi connectivity index (χ2n) is 4.92. The molecule has 0 amide bonds. The molecule has 3 rings (SSSR count). The lowest BCUT2D eigenvalue weighted by atomic mass is 9.86. The molecule has 80 valence electrons. The lowest BCUT2D eigenvalue weighted by Crippen LogP contribution is -2.32. The summed E-state index contributed by atoms with van der Waals surface area (Å²) in [6.45, 7) is 2.21. The molecule has 0 spiro atoms. The fraction of sp³-hybridized carbons (Fsp3) is 0.538. The Labute approximate surface area is 95.4 Å². The van der Waals surface area contributed by atoms with Crippen LogP contribution >= 0.6 is 11.8 Å². The Bertz CT molecular complexity index is 396. The fourth-order valence-electron chi connectivity index (χ4n) is 2.67. The van der Waals surface area contributed by atoms with Gasteiger partial charge in [-0.05, 0) is 43.1 Å². The van der Waals surface area contributed by atoms with Crippen molar-refractivity contribution in [1.82, 2.24) is 0 Å². The summed E-state index contributed by atoms with van der Waals surface area (Å²) in [6.07, 6.45) is 3.70. The number of rotatable bonds is 1. The van der Waals surface area contributed by atoms with E-state index in [0.717, 1.165) is 0 Å². The molecule has 0 radical (unpaired) electrons. The predicted molar refractivity (Wildman–Crippen MR) is 65.4 cm³/mol. The van der Waals surface area contributed by atoms with Crippen LogP contribution in [0, 0.1) is 6.92 Å². The van der Waals surface area contributed by atoms with Gasteiger partial charge in [0.25, 0.3) is 0 Å². The van der Waals surface area contributed by atoms with E-state index >= 15 is 0 Å². The number of hydrogen-bond acceptors (Lipinski definition) is 2. The first kappa shape index (κ1) is 9.73. The molecule has 1 saturated carbocycles. The summed E-state index contributed by atoms with van der Waals surface area (Å²) >= 11 is 2.01. The minimum absolute atomic E-state index is 0.142. The van der Waals surface area contributed by atoms with Gasteiger partial charge in [-0.2, -0.15) is 0 Å². The lowest BCUT2D eigenvalue weighted by molar-refractivity contribution is 0.496. The number of hydrogen-bond donors (Lipinski definition) is 1. The maximum atomic E-state index is 6.38. The second-order valence-corrected chi connectivity index (χ2v) is 6.02. The molecule has 0 aromatic heterocycles. The molecule has 1 aliphatic carbocycles. The van der Waals surface area contributed by atoms with Gasteiger partial charge in [-0.25, -0.2) is 0 Å². The summed E-state index contributed by atoms with van der Waals surface area (Å²) in [7, 11) is 0. The van der Waals surface area contributed by atoms with Crippen LogP contribution in [-0.2, 0) is 0 Å². The third kappa shape index (κ3) is 1.51. The first-order valence-corrected chi connectivity index (χ1v) is 6.70. The Balaban J connectivity index is 2.07. The smallest absolute Gasteiger partial charge is 0.0225 e. The van der Waals surface area contributed by atoms with Crippen molar-refractivity contribution in [3.63, 3.8) is 0 Å². The summed E-state index contributed by atoms with van der Waals surface area (Å²) in [5.41, 5.74) is 9.46. The Morgan fingerprint density at radius 1 is 1.40 bits per heavy atom. The molecular weight excluding hydrogens is 202 g/mol. The van der Waals surface area contributed by atoms with Gasteiger partial charge >= 0.3 is 0 Å². The van der Waals surface area contributed by atoms with Crippen molar-refractivity contribution in [2.75, 3.05) is 5.75 Å². The minimum atomic E-state index is 0.142. The number of benzene rings is 1. The van der Waals surface area contributed by atoms with Gasteiger partial charge in [0.05, 0.1) is 0 Å². The highest BCUT2D eigenvalue weighted by molar-refractivity contribution is 7.99. The van der Waals surface area contributed by atoms with Crippen molar-refractivity contribution >= 4 is 11.8 Å². The van der Waals surface area contributed by atoms with Crippen LogP contribution in [0.1, 0.15) is 36.3 Å². The van der Waals surface area contributed by atoms with Gasteiger partial charge in [0.15, 0.2) is 0 Å². The van der Waals surface area contributed by atoms with Crippen molar-refractivity contribution in [1.29, 1.82) is 0 Å². The molecule has 1 nitrogen and oxygen atoms in total. The molecule has 1 heterocycles. The topological polar surface area (TPSA) is 26.0 Å². The third-order valence-electron chi connectivity index (χ3n) is 3.79. The largest absolute Gasteiger partial charge is 0.325 e. The van der Waals surface area contributed by atoms with E-state index < -0.39 is 0 Å². The summed E-state index contributed by atoms with van der Waals surface area (Å²) in [4.78, 5) is 1.51. The van der Waals surface area contributed by atoms with Gasteiger partial charge in [0.2, 0.25) is 0 Å². The Morgan fingerprint density at radius 2 is 2.20 bits per heavy atom. The summed E-state index contributed by atoms with van der Waals surface area (Å²) in [6, 6.07) is 6.68. The van der Waals surface area contributed by atoms with Crippen molar-refractivity contribution in [2.24, 2.45) is 5.73 Å². The average molecular weight is 219 g/mol. The second kappa shape index (κ2) is 3.26. The lowest BCUT2D eigenvalue weighted by Gasteiger charge is -2.30. The van der Waals surface area contributed by atoms with Gasteiger partial charge in [0.1, 0.15) is 0 Å². The number of aryl methyl sites for hydroxylation is 1. The molecule has 1 fully saturated rings. The van der Waals surface area contributed by atoms with E-state index in [1.165, 1.54) is 41.0 Å². The third-order valence-corrected chi connectivity index (χ3v) is 5.08. The van der Waals surface area contributed by atoms with Gasteiger partial charge < -0.3 is 5.73 Å². The summed E-state index contributed by atoms with van der Waals surface area (Å²) in [5, 5.41) is 0. The Hall–Kier alpha value is -0.470. The molecule has 1 atom stereocenters. The van der Waals surface area contributed by atoms with E-state index in [1.807, 2.05) is 11.8 Å². The van der Waals surface area contributed by atoms with Crippen LogP contribution in [0.3, 0.4) is 0 Å². The molecule has 2 aliphatic rings. The highest BCUT2D eigenvalue weighted by atomic mass is 32.2. The van der Waals surface area contributed by atoms with Crippen LogP contribution in [0.15, 0.2) is 23.1 Å². The molecule has 15 heavy (non-hydrogen) atoms. The van der Waals surface area contributed by atoms with E-state index in [2.05, 4.69) is 25.1 Å². The van der Waals surface area contributed by atoms with Gasteiger partial charge in [-0.3, -0.25) is 0 Å². The van der Waals surface area contributed by atoms with Crippen LogP contribution < -0.4 is 5.73 Å². The van der Waals surface area contributed by atoms with Crippen molar-refractivity contribution < 1.29 is 0 Å². The molecule has 2 heteroatoms. The van der Waals surface area contributed by atoms with Crippen LogP contribution in [0.4, 0.5) is 0 Å².